The lowest BCUT2D eigenvalue weighted by atomic mass is 10.2. The summed E-state index contributed by atoms with van der Waals surface area (Å²) in [6.07, 6.45) is 0.392. The molecule has 0 spiro atoms. The van der Waals surface area contributed by atoms with E-state index in [1.807, 2.05) is 52.0 Å². The molecule has 1 N–H and O–H groups in total. The molecule has 2 rings (SSSR count). The van der Waals surface area contributed by atoms with Crippen molar-refractivity contribution in [2.75, 3.05) is 13.2 Å². The SMILES string of the molecule is CC.CC.CCC.O=C(OCC(O)COc1ccccc1)c1ccccc1. The second-order valence-electron chi connectivity index (χ2n) is 4.95. The Bertz CT molecular complexity index is 541. The molecule has 4 heteroatoms. The Morgan fingerprint density at radius 1 is 0.852 bits per heavy atom. The van der Waals surface area contributed by atoms with Crippen molar-refractivity contribution < 1.29 is 19.4 Å². The van der Waals surface area contributed by atoms with Gasteiger partial charge in [-0.3, -0.25) is 0 Å². The van der Waals surface area contributed by atoms with Gasteiger partial charge in [-0.15, -0.1) is 0 Å². The fraction of sp³-hybridized carbons (Fsp3) is 0.435. The molecule has 1 unspecified atom stereocenters. The Kier molecular flexibility index (Phi) is 19.9. The van der Waals surface area contributed by atoms with E-state index in [1.165, 1.54) is 6.42 Å². The number of esters is 1. The number of aliphatic hydroxyl groups excluding tert-OH is 1. The maximum absolute atomic E-state index is 11.6. The van der Waals surface area contributed by atoms with Crippen LogP contribution in [0.5, 0.6) is 5.75 Å². The molecule has 0 saturated carbocycles. The van der Waals surface area contributed by atoms with Gasteiger partial charge in [0.25, 0.3) is 0 Å². The van der Waals surface area contributed by atoms with Crippen LogP contribution in [0.25, 0.3) is 0 Å². The van der Waals surface area contributed by atoms with Gasteiger partial charge in [0.05, 0.1) is 5.56 Å². The summed E-state index contributed by atoms with van der Waals surface area (Å²) in [5.41, 5.74) is 0.462. The highest BCUT2D eigenvalue weighted by Gasteiger charge is 2.11. The summed E-state index contributed by atoms with van der Waals surface area (Å²) in [6, 6.07) is 17.8. The Hall–Kier alpha value is -2.33. The zero-order chi connectivity index (χ0) is 20.9. The van der Waals surface area contributed by atoms with Crippen molar-refractivity contribution in [2.45, 2.75) is 54.1 Å². The third-order valence-corrected chi connectivity index (χ3v) is 2.60. The number of aliphatic hydroxyl groups is 1. The van der Waals surface area contributed by atoms with Crippen LogP contribution in [0.3, 0.4) is 0 Å². The van der Waals surface area contributed by atoms with E-state index < -0.39 is 12.1 Å². The summed E-state index contributed by atoms with van der Waals surface area (Å²) in [4.78, 5) is 11.6. The predicted octanol–water partition coefficient (Wildman–Crippen LogP) is 5.75. The van der Waals surface area contributed by atoms with Crippen molar-refractivity contribution in [2.24, 2.45) is 0 Å². The second-order valence-corrected chi connectivity index (χ2v) is 4.95. The molecule has 0 fully saturated rings. The van der Waals surface area contributed by atoms with Crippen molar-refractivity contribution in [1.29, 1.82) is 0 Å². The van der Waals surface area contributed by atoms with E-state index in [-0.39, 0.29) is 13.2 Å². The number of hydrogen-bond donors (Lipinski definition) is 1. The van der Waals surface area contributed by atoms with Crippen LogP contribution in [0.1, 0.15) is 58.3 Å². The molecule has 152 valence electrons. The van der Waals surface area contributed by atoms with E-state index in [0.717, 1.165) is 0 Å². The highest BCUT2D eigenvalue weighted by atomic mass is 16.5. The molecule has 0 radical (unpaired) electrons. The summed E-state index contributed by atoms with van der Waals surface area (Å²) < 4.78 is 10.4. The maximum Gasteiger partial charge on any atom is 0.338 e. The van der Waals surface area contributed by atoms with Gasteiger partial charge < -0.3 is 14.6 Å². The minimum absolute atomic E-state index is 0.0755. The van der Waals surface area contributed by atoms with Crippen LogP contribution < -0.4 is 4.74 Å². The zero-order valence-corrected chi connectivity index (χ0v) is 17.6. The zero-order valence-electron chi connectivity index (χ0n) is 17.6. The third-order valence-electron chi connectivity index (χ3n) is 2.60. The first-order valence-corrected chi connectivity index (χ1v) is 9.75. The lowest BCUT2D eigenvalue weighted by Gasteiger charge is -2.12. The van der Waals surface area contributed by atoms with Gasteiger partial charge in [-0.25, -0.2) is 4.79 Å². The number of benzene rings is 2. The van der Waals surface area contributed by atoms with Crippen LogP contribution in [-0.4, -0.2) is 30.4 Å². The van der Waals surface area contributed by atoms with Crippen molar-refractivity contribution in [3.8, 4) is 5.75 Å². The lowest BCUT2D eigenvalue weighted by Crippen LogP contribution is -2.25. The molecule has 0 aliphatic carbocycles. The Labute approximate surface area is 165 Å². The third kappa shape index (κ3) is 14.5. The number of hydrogen-bond acceptors (Lipinski definition) is 4. The molecule has 27 heavy (non-hydrogen) atoms. The van der Waals surface area contributed by atoms with Crippen LogP contribution in [0.2, 0.25) is 0 Å². The fourth-order valence-electron chi connectivity index (χ4n) is 1.59. The number of carbonyl (C=O) groups is 1. The van der Waals surface area contributed by atoms with Crippen molar-refractivity contribution in [1.82, 2.24) is 0 Å². The van der Waals surface area contributed by atoms with E-state index >= 15 is 0 Å². The van der Waals surface area contributed by atoms with Gasteiger partial charge in [-0.2, -0.15) is 0 Å². The molecule has 0 heterocycles. The molecule has 0 aliphatic rings. The Balaban J connectivity index is 0. The molecule has 1 atom stereocenters. The summed E-state index contributed by atoms with van der Waals surface area (Å²) in [6.45, 7) is 12.2. The molecule has 0 bridgehead atoms. The lowest BCUT2D eigenvalue weighted by molar-refractivity contribution is 0.0130. The van der Waals surface area contributed by atoms with E-state index in [2.05, 4.69) is 13.8 Å². The number of carbonyl (C=O) groups excluding carboxylic acids is 1. The van der Waals surface area contributed by atoms with Gasteiger partial charge in [-0.05, 0) is 24.3 Å². The van der Waals surface area contributed by atoms with Gasteiger partial charge >= 0.3 is 5.97 Å². The summed E-state index contributed by atoms with van der Waals surface area (Å²) in [5, 5.41) is 9.70. The molecule has 2 aromatic carbocycles. The standard InChI is InChI=1S/C16H16O4.C3H8.2C2H6/c17-14(11-19-15-9-5-2-6-10-15)12-20-16(18)13-7-3-1-4-8-13;1-3-2;2*1-2/h1-10,14,17H,11-12H2;3H2,1-2H3;2*1-2H3. The summed E-state index contributed by atoms with van der Waals surface area (Å²) in [7, 11) is 0. The minimum Gasteiger partial charge on any atom is -0.491 e. The molecule has 4 nitrogen and oxygen atoms in total. The van der Waals surface area contributed by atoms with Crippen LogP contribution in [-0.2, 0) is 4.74 Å². The Morgan fingerprint density at radius 3 is 1.78 bits per heavy atom. The number of ether oxygens (including phenoxy) is 2. The van der Waals surface area contributed by atoms with Gasteiger partial charge in [0.1, 0.15) is 25.1 Å². The molecular weight excluding hydrogens is 340 g/mol. The summed E-state index contributed by atoms with van der Waals surface area (Å²) in [5.74, 6) is 0.213. The molecule has 0 amide bonds. The van der Waals surface area contributed by atoms with E-state index in [1.54, 1.807) is 36.4 Å². The first-order chi connectivity index (χ1) is 13.2. The van der Waals surface area contributed by atoms with Gasteiger partial charge in [-0.1, -0.05) is 84.4 Å². The van der Waals surface area contributed by atoms with Crippen molar-refractivity contribution in [3.63, 3.8) is 0 Å². The van der Waals surface area contributed by atoms with Crippen LogP contribution in [0.15, 0.2) is 60.7 Å². The normalized spacial score (nSPS) is 9.74. The first kappa shape index (κ1) is 26.9. The maximum atomic E-state index is 11.6. The smallest absolute Gasteiger partial charge is 0.338 e. The quantitative estimate of drug-likeness (QED) is 0.652. The predicted molar refractivity (Wildman–Crippen MR) is 113 cm³/mol. The molecular formula is C23H36O4. The monoisotopic (exact) mass is 376 g/mol. The molecule has 0 aromatic heterocycles. The highest BCUT2D eigenvalue weighted by molar-refractivity contribution is 5.89. The largest absolute Gasteiger partial charge is 0.491 e. The van der Waals surface area contributed by atoms with E-state index in [0.29, 0.717) is 11.3 Å². The molecule has 0 saturated heterocycles. The molecule has 2 aromatic rings. The molecule has 0 aliphatic heterocycles. The minimum atomic E-state index is -0.858. The Morgan fingerprint density at radius 2 is 1.30 bits per heavy atom. The average Bonchev–Trinajstić information content (AvgIpc) is 2.75. The van der Waals surface area contributed by atoms with Gasteiger partial charge in [0.15, 0.2) is 0 Å². The number of rotatable bonds is 6. The van der Waals surface area contributed by atoms with Crippen LogP contribution >= 0.6 is 0 Å². The average molecular weight is 377 g/mol. The van der Waals surface area contributed by atoms with Crippen LogP contribution in [0, 0.1) is 0 Å². The van der Waals surface area contributed by atoms with Gasteiger partial charge in [0.2, 0.25) is 0 Å². The van der Waals surface area contributed by atoms with E-state index in [4.69, 9.17) is 9.47 Å². The van der Waals surface area contributed by atoms with Crippen molar-refractivity contribution >= 4 is 5.97 Å². The van der Waals surface area contributed by atoms with Gasteiger partial charge in [0, 0.05) is 0 Å². The topological polar surface area (TPSA) is 55.8 Å². The summed E-state index contributed by atoms with van der Waals surface area (Å²) >= 11 is 0. The van der Waals surface area contributed by atoms with Crippen molar-refractivity contribution in [3.05, 3.63) is 66.2 Å². The number of para-hydroxylation sites is 1. The fourth-order valence-corrected chi connectivity index (χ4v) is 1.59. The first-order valence-electron chi connectivity index (χ1n) is 9.75. The highest BCUT2D eigenvalue weighted by Crippen LogP contribution is 2.09. The van der Waals surface area contributed by atoms with Crippen LogP contribution in [0.4, 0.5) is 0 Å². The van der Waals surface area contributed by atoms with E-state index in [9.17, 15) is 9.90 Å². The second kappa shape index (κ2) is 20.0.